The summed E-state index contributed by atoms with van der Waals surface area (Å²) in [4.78, 5) is -0.0432. The number of benzene rings is 1. The number of halogens is 1. The van der Waals surface area contributed by atoms with E-state index in [1.807, 2.05) is 13.0 Å². The minimum Gasteiger partial charge on any atom is -0.494 e. The van der Waals surface area contributed by atoms with Crippen molar-refractivity contribution in [2.75, 3.05) is 11.8 Å². The number of aromatic nitrogens is 5. The zero-order chi connectivity index (χ0) is 19.9. The van der Waals surface area contributed by atoms with Crippen molar-refractivity contribution in [3.63, 3.8) is 0 Å². The van der Waals surface area contributed by atoms with Crippen LogP contribution in [0.2, 0.25) is 5.02 Å². The number of hydrogen-bond donors (Lipinski definition) is 1. The van der Waals surface area contributed by atoms with Crippen LogP contribution in [0, 0.1) is 6.92 Å². The van der Waals surface area contributed by atoms with Crippen molar-refractivity contribution in [2.45, 2.75) is 11.8 Å². The van der Waals surface area contributed by atoms with Gasteiger partial charge in [0.15, 0.2) is 5.65 Å². The number of methoxy groups -OCH3 is 1. The van der Waals surface area contributed by atoms with Crippen LogP contribution in [0.15, 0.2) is 53.8 Å². The van der Waals surface area contributed by atoms with Crippen molar-refractivity contribution in [1.29, 1.82) is 0 Å². The predicted molar refractivity (Wildman–Crippen MR) is 104 cm³/mol. The number of aryl methyl sites for hydroxylation is 1. The van der Waals surface area contributed by atoms with E-state index in [9.17, 15) is 8.42 Å². The molecule has 4 rings (SSSR count). The molecule has 144 valence electrons. The van der Waals surface area contributed by atoms with E-state index >= 15 is 0 Å². The Bertz CT molecular complexity index is 1280. The summed E-state index contributed by atoms with van der Waals surface area (Å²) in [6.45, 7) is 1.91. The summed E-state index contributed by atoms with van der Waals surface area (Å²) in [5.41, 5.74) is 2.04. The molecule has 0 unspecified atom stereocenters. The Morgan fingerprint density at radius 1 is 1.18 bits per heavy atom. The van der Waals surface area contributed by atoms with E-state index < -0.39 is 10.0 Å². The summed E-state index contributed by atoms with van der Waals surface area (Å²) < 4.78 is 36.2. The molecule has 3 heterocycles. The number of hydrogen-bond acceptors (Lipinski definition) is 6. The third-order valence-corrected chi connectivity index (χ3v) is 5.57. The van der Waals surface area contributed by atoms with E-state index in [2.05, 4.69) is 20.0 Å². The van der Waals surface area contributed by atoms with Crippen LogP contribution in [0.4, 0.5) is 5.95 Å². The number of nitrogens with one attached hydrogen (secondary N) is 1. The third-order valence-electron chi connectivity index (χ3n) is 4.05. The van der Waals surface area contributed by atoms with Crippen LogP contribution >= 0.6 is 11.6 Å². The highest BCUT2D eigenvalue weighted by molar-refractivity contribution is 7.92. The maximum Gasteiger partial charge on any atom is 0.267 e. The summed E-state index contributed by atoms with van der Waals surface area (Å²) in [5, 5.41) is 12.5. The maximum atomic E-state index is 12.8. The molecule has 9 nitrogen and oxygen atoms in total. The van der Waals surface area contributed by atoms with Crippen LogP contribution in [0.3, 0.4) is 0 Å². The summed E-state index contributed by atoms with van der Waals surface area (Å²) in [6.07, 6.45) is 4.29. The summed E-state index contributed by atoms with van der Waals surface area (Å²) in [5.74, 6) is 0.589. The molecule has 11 heteroatoms. The van der Waals surface area contributed by atoms with Gasteiger partial charge in [0, 0.05) is 11.2 Å². The second kappa shape index (κ2) is 6.80. The van der Waals surface area contributed by atoms with Crippen LogP contribution in [0.25, 0.3) is 11.3 Å². The fourth-order valence-corrected chi connectivity index (χ4v) is 3.75. The first-order chi connectivity index (χ1) is 13.4. The number of pyridine rings is 1. The van der Waals surface area contributed by atoms with Crippen molar-refractivity contribution >= 4 is 33.2 Å². The molecule has 0 aliphatic carbocycles. The van der Waals surface area contributed by atoms with Crippen molar-refractivity contribution in [2.24, 2.45) is 0 Å². The third kappa shape index (κ3) is 3.27. The van der Waals surface area contributed by atoms with E-state index in [-0.39, 0.29) is 10.8 Å². The highest BCUT2D eigenvalue weighted by atomic mass is 35.5. The standard InChI is InChI=1S/C17H15ClN6O3S/c1-11-5-6-23-16(7-11)20-21-17(23)22-28(25,26)13-9-19-24(10-13)14-8-12(18)3-4-15(14)27-2/h3-10H,1-2H3,(H,21,22). The maximum absolute atomic E-state index is 12.8. The lowest BCUT2D eigenvalue weighted by Crippen LogP contribution is -2.14. The average molecular weight is 419 g/mol. The Labute approximate surface area is 165 Å². The molecule has 0 aliphatic rings. The topological polar surface area (TPSA) is 103 Å². The molecule has 0 saturated heterocycles. The van der Waals surface area contributed by atoms with Gasteiger partial charge in [0.1, 0.15) is 16.3 Å². The van der Waals surface area contributed by atoms with Gasteiger partial charge >= 0.3 is 0 Å². The van der Waals surface area contributed by atoms with Crippen LogP contribution < -0.4 is 9.46 Å². The number of fused-ring (bicyclic) bond motifs is 1. The van der Waals surface area contributed by atoms with Crippen LogP contribution in [-0.4, -0.2) is 39.9 Å². The Balaban J connectivity index is 1.68. The number of anilines is 1. The minimum atomic E-state index is -3.93. The Morgan fingerprint density at radius 3 is 2.79 bits per heavy atom. The molecule has 0 amide bonds. The van der Waals surface area contributed by atoms with Crippen molar-refractivity contribution in [3.8, 4) is 11.4 Å². The molecule has 0 bridgehead atoms. The van der Waals surface area contributed by atoms with E-state index in [4.69, 9.17) is 16.3 Å². The lowest BCUT2D eigenvalue weighted by atomic mass is 10.3. The van der Waals surface area contributed by atoms with Crippen molar-refractivity contribution in [3.05, 3.63) is 59.5 Å². The lowest BCUT2D eigenvalue weighted by molar-refractivity contribution is 0.411. The summed E-state index contributed by atoms with van der Waals surface area (Å²) in [7, 11) is -2.42. The van der Waals surface area contributed by atoms with Crippen molar-refractivity contribution < 1.29 is 13.2 Å². The smallest absolute Gasteiger partial charge is 0.267 e. The second-order valence-corrected chi connectivity index (χ2v) is 8.12. The van der Waals surface area contributed by atoms with Crippen LogP contribution in [0.1, 0.15) is 5.56 Å². The fraction of sp³-hybridized carbons (Fsp3) is 0.118. The van der Waals surface area contributed by atoms with Crippen LogP contribution in [-0.2, 0) is 10.0 Å². The first-order valence-corrected chi connectivity index (χ1v) is 9.96. The average Bonchev–Trinajstić information content (AvgIpc) is 3.29. The zero-order valence-corrected chi connectivity index (χ0v) is 16.4. The number of rotatable bonds is 5. The molecular weight excluding hydrogens is 404 g/mol. The molecule has 1 aromatic carbocycles. The minimum absolute atomic E-state index is 0.0432. The summed E-state index contributed by atoms with van der Waals surface area (Å²) in [6, 6.07) is 8.61. The van der Waals surface area contributed by atoms with Gasteiger partial charge in [-0.1, -0.05) is 11.6 Å². The van der Waals surface area contributed by atoms with Crippen molar-refractivity contribution in [1.82, 2.24) is 24.4 Å². The Kier molecular flexibility index (Phi) is 4.44. The molecule has 0 saturated carbocycles. The van der Waals surface area contributed by atoms with E-state index in [0.717, 1.165) is 5.56 Å². The van der Waals surface area contributed by atoms with Gasteiger partial charge in [0.2, 0.25) is 5.95 Å². The first kappa shape index (κ1) is 18.3. The number of ether oxygens (including phenoxy) is 1. The highest BCUT2D eigenvalue weighted by Gasteiger charge is 2.21. The SMILES string of the molecule is COc1ccc(Cl)cc1-n1cc(S(=O)(=O)Nc2nnc3cc(C)ccn23)cn1. The monoisotopic (exact) mass is 418 g/mol. The molecule has 4 aromatic rings. The van der Waals surface area contributed by atoms with Gasteiger partial charge in [-0.25, -0.2) is 17.8 Å². The van der Waals surface area contributed by atoms with Gasteiger partial charge in [-0.15, -0.1) is 10.2 Å². The predicted octanol–water partition coefficient (Wildman–Crippen LogP) is 2.69. The van der Waals surface area contributed by atoms with Gasteiger partial charge in [0.05, 0.1) is 19.5 Å². The molecular formula is C17H15ClN6O3S. The fourth-order valence-electron chi connectivity index (χ4n) is 2.66. The normalized spacial score (nSPS) is 11.7. The van der Waals surface area contributed by atoms with E-state index in [1.165, 1.54) is 24.2 Å². The first-order valence-electron chi connectivity index (χ1n) is 8.10. The van der Waals surface area contributed by atoms with E-state index in [0.29, 0.717) is 22.1 Å². The zero-order valence-electron chi connectivity index (χ0n) is 14.9. The van der Waals surface area contributed by atoms with Gasteiger partial charge < -0.3 is 4.74 Å². The van der Waals surface area contributed by atoms with Gasteiger partial charge in [-0.2, -0.15) is 5.10 Å². The molecule has 1 N–H and O–H groups in total. The summed E-state index contributed by atoms with van der Waals surface area (Å²) >= 11 is 6.04. The molecule has 0 radical (unpaired) electrons. The van der Waals surface area contributed by atoms with Gasteiger partial charge in [-0.05, 0) is 42.8 Å². The molecule has 0 aliphatic heterocycles. The molecule has 0 atom stereocenters. The molecule has 0 fully saturated rings. The number of nitrogens with zero attached hydrogens (tertiary/aromatic N) is 5. The molecule has 0 spiro atoms. The highest BCUT2D eigenvalue weighted by Crippen LogP contribution is 2.27. The van der Waals surface area contributed by atoms with Gasteiger partial charge in [0.25, 0.3) is 10.0 Å². The quantitative estimate of drug-likeness (QED) is 0.534. The second-order valence-electron chi connectivity index (χ2n) is 6.00. The van der Waals surface area contributed by atoms with E-state index in [1.54, 1.807) is 34.9 Å². The molecule has 28 heavy (non-hydrogen) atoms. The van der Waals surface area contributed by atoms with Gasteiger partial charge in [-0.3, -0.25) is 4.40 Å². The molecule has 3 aromatic heterocycles. The number of sulfonamides is 1. The largest absolute Gasteiger partial charge is 0.494 e. The van der Waals surface area contributed by atoms with Crippen LogP contribution in [0.5, 0.6) is 5.75 Å². The lowest BCUT2D eigenvalue weighted by Gasteiger charge is -2.08. The Morgan fingerprint density at radius 2 is 2.00 bits per heavy atom. The Hall–Kier alpha value is -3.11.